The molecule has 7 aromatic rings. The molecule has 1 amide bonds. The minimum Gasteiger partial charge on any atom is -0.302 e. The van der Waals surface area contributed by atoms with E-state index in [2.05, 4.69) is 94.2 Å². The van der Waals surface area contributed by atoms with Crippen molar-refractivity contribution in [1.82, 2.24) is 22.4 Å². The van der Waals surface area contributed by atoms with E-state index in [4.69, 9.17) is 26.0 Å². The van der Waals surface area contributed by atoms with Gasteiger partial charge in [0.2, 0.25) is 0 Å². The average molecular weight is 694 g/mol. The van der Waals surface area contributed by atoms with Crippen molar-refractivity contribution in [2.45, 2.75) is 20.8 Å². The van der Waals surface area contributed by atoms with Crippen molar-refractivity contribution in [1.29, 1.82) is 0 Å². The Hall–Kier alpha value is -4.14. The Labute approximate surface area is 286 Å². The number of thiocarbonyl (C=S) groups is 1. The van der Waals surface area contributed by atoms with Gasteiger partial charge in [-0.05, 0) is 81.1 Å². The van der Waals surface area contributed by atoms with Crippen LogP contribution in [0.1, 0.15) is 18.1 Å². The topological polar surface area (TPSA) is 87.5 Å². The molecule has 1 aliphatic heterocycles. The quantitative estimate of drug-likeness (QED) is 0.159. The molecule has 0 bridgehead atoms. The molecule has 4 heterocycles. The fourth-order valence-corrected chi connectivity index (χ4v) is 9.02. The van der Waals surface area contributed by atoms with Gasteiger partial charge in [0.15, 0.2) is 5.04 Å². The Balaban J connectivity index is 1.27. The lowest BCUT2D eigenvalue weighted by Gasteiger charge is -2.24. The molecule has 0 aliphatic carbocycles. The third kappa shape index (κ3) is 4.90. The summed E-state index contributed by atoms with van der Waals surface area (Å²) in [6.07, 6.45) is 0. The fourth-order valence-electron chi connectivity index (χ4n) is 5.53. The van der Waals surface area contributed by atoms with Crippen molar-refractivity contribution in [3.8, 4) is 10.4 Å². The lowest BCUT2D eigenvalue weighted by atomic mass is 10.0. The van der Waals surface area contributed by atoms with Crippen LogP contribution in [0, 0.1) is 13.8 Å². The number of aryl methyl sites for hydroxylation is 2. The first-order chi connectivity index (χ1) is 22.4. The van der Waals surface area contributed by atoms with Crippen molar-refractivity contribution in [2.24, 2.45) is 4.99 Å². The minimum absolute atomic E-state index is 0.191. The molecule has 13 heteroatoms. The van der Waals surface area contributed by atoms with Gasteiger partial charge in [0, 0.05) is 39.1 Å². The average Bonchev–Trinajstić information content (AvgIpc) is 3.87. The zero-order valence-electron chi connectivity index (χ0n) is 24.7. The number of amides is 1. The highest BCUT2D eigenvalue weighted by Gasteiger charge is 2.33. The highest BCUT2D eigenvalue weighted by atomic mass is 32.2. The molecule has 0 unspecified atom stereocenters. The molecule has 0 saturated carbocycles. The molecule has 4 aromatic carbocycles. The summed E-state index contributed by atoms with van der Waals surface area (Å²) in [6, 6.07) is 25.6. The Kier molecular flexibility index (Phi) is 7.37. The Morgan fingerprint density at radius 1 is 0.783 bits per heavy atom. The Morgan fingerprint density at radius 3 is 2.00 bits per heavy atom. The second-order valence-corrected chi connectivity index (χ2v) is 14.6. The third-order valence-corrected chi connectivity index (χ3v) is 11.4. The molecule has 8 rings (SSSR count). The number of hydrogen-bond acceptors (Lipinski definition) is 12. The number of fused-ring (bicyclic) bond motifs is 5. The zero-order valence-corrected chi connectivity index (χ0v) is 28.8. The van der Waals surface area contributed by atoms with Crippen molar-refractivity contribution in [3.05, 3.63) is 83.9 Å². The van der Waals surface area contributed by atoms with Crippen LogP contribution < -0.4 is 4.90 Å². The molecule has 1 fully saturated rings. The van der Waals surface area contributed by atoms with Gasteiger partial charge >= 0.3 is 0 Å². The first-order valence-electron chi connectivity index (χ1n) is 14.4. The molecule has 8 nitrogen and oxygen atoms in total. The molecule has 0 spiro atoms. The highest BCUT2D eigenvalue weighted by Crippen LogP contribution is 2.46. The number of hydrogen-bond donors (Lipinski definition) is 0. The number of aliphatic imine (C=N–C) groups is 1. The van der Waals surface area contributed by atoms with E-state index in [9.17, 15) is 4.79 Å². The summed E-state index contributed by atoms with van der Waals surface area (Å²) in [4.78, 5) is 22.6. The van der Waals surface area contributed by atoms with Gasteiger partial charge in [-0.1, -0.05) is 47.6 Å². The number of aromatic nitrogens is 4. The first-order valence-corrected chi connectivity index (χ1v) is 17.9. The van der Waals surface area contributed by atoms with E-state index in [0.717, 1.165) is 65.9 Å². The summed E-state index contributed by atoms with van der Waals surface area (Å²) in [5.74, 6) is -0.191. The van der Waals surface area contributed by atoms with E-state index in [1.165, 1.54) is 34.6 Å². The van der Waals surface area contributed by atoms with Crippen LogP contribution in [-0.4, -0.2) is 44.2 Å². The van der Waals surface area contributed by atoms with E-state index in [0.29, 0.717) is 27.1 Å². The van der Waals surface area contributed by atoms with Gasteiger partial charge in [-0.2, -0.15) is 17.5 Å². The summed E-state index contributed by atoms with van der Waals surface area (Å²) in [5.41, 5.74) is 9.12. The van der Waals surface area contributed by atoms with Crippen LogP contribution in [0.25, 0.3) is 43.3 Å². The number of thioether (sulfide) groups is 1. The number of carbonyl (C=O) groups excluding carboxylic acids is 1. The maximum absolute atomic E-state index is 13.0. The summed E-state index contributed by atoms with van der Waals surface area (Å²) in [5, 5.41) is 3.21. The minimum atomic E-state index is -0.191. The van der Waals surface area contributed by atoms with Gasteiger partial charge < -0.3 is 4.90 Å². The van der Waals surface area contributed by atoms with Crippen molar-refractivity contribution in [2.75, 3.05) is 11.4 Å². The maximum Gasteiger partial charge on any atom is 0.284 e. The molecular formula is C33H23N7OS5. The lowest BCUT2D eigenvalue weighted by molar-refractivity contribution is -0.119. The van der Waals surface area contributed by atoms with Crippen LogP contribution in [0.3, 0.4) is 0 Å². The third-order valence-electron chi connectivity index (χ3n) is 7.88. The SMILES string of the molecule is CCN1C(=O)/C(=N\c2cc3c(cc(-c4ccc(N(c5ccc(C)cc5)c5ccc(C)cc5)s4)c4nsnc43)c3nsnc23)SC1=S. The van der Waals surface area contributed by atoms with Gasteiger partial charge in [0.1, 0.15) is 31.4 Å². The van der Waals surface area contributed by atoms with E-state index < -0.39 is 0 Å². The molecule has 0 radical (unpaired) electrons. The Bertz CT molecular complexity index is 2310. The number of thiophene rings is 1. The number of nitrogens with zero attached hydrogens (tertiary/aromatic N) is 7. The first kappa shape index (κ1) is 29.3. The monoisotopic (exact) mass is 693 g/mol. The summed E-state index contributed by atoms with van der Waals surface area (Å²) >= 11 is 10.6. The zero-order chi connectivity index (χ0) is 31.5. The van der Waals surface area contributed by atoms with Crippen molar-refractivity contribution in [3.63, 3.8) is 0 Å². The number of benzene rings is 4. The lowest BCUT2D eigenvalue weighted by Crippen LogP contribution is -2.29. The Morgan fingerprint density at radius 2 is 1.37 bits per heavy atom. The molecule has 1 saturated heterocycles. The van der Waals surface area contributed by atoms with E-state index >= 15 is 0 Å². The largest absolute Gasteiger partial charge is 0.302 e. The molecule has 226 valence electrons. The van der Waals surface area contributed by atoms with Gasteiger partial charge in [0.25, 0.3) is 5.91 Å². The number of anilines is 3. The van der Waals surface area contributed by atoms with E-state index in [1.54, 1.807) is 16.2 Å². The fraction of sp³-hybridized carbons (Fsp3) is 0.121. The summed E-state index contributed by atoms with van der Waals surface area (Å²) in [6.45, 7) is 6.60. The summed E-state index contributed by atoms with van der Waals surface area (Å²) in [7, 11) is 0. The molecule has 46 heavy (non-hydrogen) atoms. The van der Waals surface area contributed by atoms with Crippen LogP contribution >= 0.6 is 58.8 Å². The van der Waals surface area contributed by atoms with Crippen LogP contribution in [-0.2, 0) is 4.79 Å². The molecule has 0 N–H and O–H groups in total. The van der Waals surface area contributed by atoms with Crippen LogP contribution in [0.15, 0.2) is 77.8 Å². The van der Waals surface area contributed by atoms with Crippen LogP contribution in [0.2, 0.25) is 0 Å². The maximum atomic E-state index is 13.0. The predicted molar refractivity (Wildman–Crippen MR) is 198 cm³/mol. The molecule has 3 aromatic heterocycles. The van der Waals surface area contributed by atoms with Gasteiger partial charge in [-0.25, -0.2) is 4.99 Å². The standard InChI is InChI=1S/C33H23N7OS5/c1-4-39-32(41)31(44-33(39)42)34-24-16-22-21(28-30(24)38-46-36-28)15-23(29-27(22)35-45-37-29)25-13-14-26(43-25)40(19-9-5-17(2)6-10-19)20-11-7-18(3)8-12-20/h5-16H,4H2,1-3H3/b34-31+. The van der Waals surface area contributed by atoms with E-state index in [-0.39, 0.29) is 5.91 Å². The second kappa shape index (κ2) is 11.6. The van der Waals surface area contributed by atoms with Crippen molar-refractivity contribution < 1.29 is 4.79 Å². The molecule has 1 aliphatic rings. The highest BCUT2D eigenvalue weighted by molar-refractivity contribution is 8.35. The van der Waals surface area contributed by atoms with E-state index in [1.807, 2.05) is 13.0 Å². The van der Waals surface area contributed by atoms with Gasteiger partial charge in [-0.15, -0.1) is 11.3 Å². The van der Waals surface area contributed by atoms with Gasteiger partial charge in [0.05, 0.1) is 29.1 Å². The van der Waals surface area contributed by atoms with Crippen LogP contribution in [0.5, 0.6) is 0 Å². The normalized spacial score (nSPS) is 14.5. The smallest absolute Gasteiger partial charge is 0.284 e. The second-order valence-electron chi connectivity index (χ2n) is 10.8. The van der Waals surface area contributed by atoms with Gasteiger partial charge in [-0.3, -0.25) is 9.69 Å². The number of carbonyl (C=O) groups is 1. The van der Waals surface area contributed by atoms with Crippen LogP contribution in [0.4, 0.5) is 22.1 Å². The molecular weight excluding hydrogens is 671 g/mol. The molecule has 0 atom stereocenters. The predicted octanol–water partition coefficient (Wildman–Crippen LogP) is 9.57. The number of rotatable bonds is 6. The van der Waals surface area contributed by atoms with Crippen molar-refractivity contribution >= 4 is 129 Å². The summed E-state index contributed by atoms with van der Waals surface area (Å²) < 4.78 is 19.3.